The number of Topliss-reactive ketones (excluding diaryl/α,β-unsaturated/α-hetero) is 1. The molecule has 0 amide bonds. The van der Waals surface area contributed by atoms with Crippen molar-refractivity contribution in [3.63, 3.8) is 0 Å². The van der Waals surface area contributed by atoms with Crippen LogP contribution in [-0.4, -0.2) is 79.6 Å². The normalized spacial score (nSPS) is 29.0. The zero-order valence-electron chi connectivity index (χ0n) is 23.0. The second kappa shape index (κ2) is 11.2. The first-order valence-corrected chi connectivity index (χ1v) is 15.1. The number of phenols is 2. The van der Waals surface area contributed by atoms with E-state index in [2.05, 4.69) is 0 Å². The van der Waals surface area contributed by atoms with E-state index in [1.807, 2.05) is 6.92 Å². The highest BCUT2D eigenvalue weighted by Gasteiger charge is 2.49. The number of aliphatic hydroxyl groups excluding tert-OH is 1. The summed E-state index contributed by atoms with van der Waals surface area (Å²) in [6, 6.07) is 4.51. The van der Waals surface area contributed by atoms with E-state index in [0.29, 0.717) is 24.5 Å². The molecule has 0 spiro atoms. The molecule has 0 heterocycles. The summed E-state index contributed by atoms with van der Waals surface area (Å²) in [5.74, 6) is -1.95. The smallest absolute Gasteiger partial charge is 0.202 e. The third kappa shape index (κ3) is 4.93. The van der Waals surface area contributed by atoms with E-state index in [-0.39, 0.29) is 63.1 Å². The Balaban J connectivity index is 1.63. The number of methoxy groups -OCH3 is 1. The Morgan fingerprint density at radius 2 is 1.83 bits per heavy atom. The van der Waals surface area contributed by atoms with Crippen molar-refractivity contribution in [3.8, 4) is 17.2 Å². The Labute approximate surface area is 246 Å². The van der Waals surface area contributed by atoms with Crippen LogP contribution in [0.3, 0.4) is 0 Å². The van der Waals surface area contributed by atoms with Crippen LogP contribution in [0.15, 0.2) is 18.2 Å². The first-order chi connectivity index (χ1) is 19.4. The molecule has 0 saturated heterocycles. The Morgan fingerprint density at radius 1 is 1.12 bits per heavy atom. The van der Waals surface area contributed by atoms with Gasteiger partial charge in [-0.05, 0) is 31.7 Å². The monoisotopic (exact) mass is 604 g/mol. The number of phenolic OH excluding ortho intramolecular Hbond substituents is 2. The van der Waals surface area contributed by atoms with E-state index in [0.717, 1.165) is 0 Å². The van der Waals surface area contributed by atoms with Crippen LogP contribution < -0.4 is 4.74 Å². The maximum absolute atomic E-state index is 13.8. The number of halogens is 1. The standard InChI is InChI=1S/C30H33ClO9S/c1-13-9-15(10-20(25(13)33)41-8-7-31)40-19-12-30(38,14(2)32)11-17-22(19)29(37)24-23(27(17)35)26(34)16-5-4-6-18(39-3)21(16)28(24)36/h4-6,13,15,19-20,25,33,35,37-38H,7-12H2,1-3H3/t13?,15?,19-,20?,25?,30-/m0/s1. The first-order valence-electron chi connectivity index (χ1n) is 13.5. The molecule has 9 nitrogen and oxygen atoms in total. The number of hydrogen-bond acceptors (Lipinski definition) is 10. The summed E-state index contributed by atoms with van der Waals surface area (Å²) in [4.78, 5) is 40.0. The predicted octanol–water partition coefficient (Wildman–Crippen LogP) is 3.71. The molecule has 3 aliphatic carbocycles. The summed E-state index contributed by atoms with van der Waals surface area (Å²) < 4.78 is 11.8. The van der Waals surface area contributed by atoms with E-state index >= 15 is 0 Å². The molecule has 4 unspecified atom stereocenters. The summed E-state index contributed by atoms with van der Waals surface area (Å²) in [6.45, 7) is 3.14. The summed E-state index contributed by atoms with van der Waals surface area (Å²) in [6.07, 6.45) is -1.75. The van der Waals surface area contributed by atoms with Crippen LogP contribution in [0.5, 0.6) is 17.2 Å². The van der Waals surface area contributed by atoms with Crippen LogP contribution in [0.25, 0.3) is 0 Å². The average molecular weight is 605 g/mol. The maximum Gasteiger partial charge on any atom is 0.202 e. The van der Waals surface area contributed by atoms with Gasteiger partial charge in [0.2, 0.25) is 5.78 Å². The van der Waals surface area contributed by atoms with Crippen LogP contribution in [0.2, 0.25) is 0 Å². The van der Waals surface area contributed by atoms with Crippen molar-refractivity contribution < 1.29 is 44.3 Å². The fourth-order valence-corrected chi connectivity index (χ4v) is 7.90. The minimum Gasteiger partial charge on any atom is -0.507 e. The molecule has 220 valence electrons. The number of aromatic hydroxyl groups is 2. The van der Waals surface area contributed by atoms with Crippen LogP contribution >= 0.6 is 23.4 Å². The van der Waals surface area contributed by atoms with Crippen molar-refractivity contribution in [2.24, 2.45) is 5.92 Å². The fourth-order valence-electron chi connectivity index (χ4n) is 6.42. The first kappa shape index (κ1) is 29.8. The lowest BCUT2D eigenvalue weighted by Gasteiger charge is -2.42. The van der Waals surface area contributed by atoms with E-state index in [1.54, 1.807) is 6.07 Å². The van der Waals surface area contributed by atoms with Gasteiger partial charge in [0, 0.05) is 46.4 Å². The van der Waals surface area contributed by atoms with Crippen LogP contribution in [0.4, 0.5) is 0 Å². The molecule has 4 N–H and O–H groups in total. The van der Waals surface area contributed by atoms with Crippen molar-refractivity contribution in [2.75, 3.05) is 18.7 Å². The summed E-state index contributed by atoms with van der Waals surface area (Å²) in [7, 11) is 1.36. The molecule has 0 aliphatic heterocycles. The molecule has 5 rings (SSSR count). The zero-order valence-corrected chi connectivity index (χ0v) is 24.6. The quantitative estimate of drug-likeness (QED) is 0.232. The third-order valence-electron chi connectivity index (χ3n) is 8.59. The summed E-state index contributed by atoms with van der Waals surface area (Å²) in [5, 5.41) is 45.0. The minimum absolute atomic E-state index is 0.0113. The van der Waals surface area contributed by atoms with Crippen molar-refractivity contribution in [2.45, 2.75) is 68.7 Å². The Bertz CT molecular complexity index is 1430. The van der Waals surface area contributed by atoms with Crippen molar-refractivity contribution >= 4 is 40.7 Å². The molecule has 0 aromatic heterocycles. The van der Waals surface area contributed by atoms with Crippen LogP contribution in [-0.2, 0) is 16.0 Å². The van der Waals surface area contributed by atoms with Crippen molar-refractivity contribution in [1.82, 2.24) is 0 Å². The second-order valence-corrected chi connectivity index (χ2v) is 12.9. The molecule has 41 heavy (non-hydrogen) atoms. The topological polar surface area (TPSA) is 151 Å². The van der Waals surface area contributed by atoms with E-state index in [1.165, 1.54) is 37.9 Å². The molecule has 11 heteroatoms. The van der Waals surface area contributed by atoms with Gasteiger partial charge in [-0.1, -0.05) is 19.1 Å². The van der Waals surface area contributed by atoms with Crippen LogP contribution in [0.1, 0.15) is 82.2 Å². The van der Waals surface area contributed by atoms with Gasteiger partial charge in [-0.15, -0.1) is 11.6 Å². The third-order valence-corrected chi connectivity index (χ3v) is 10.3. The van der Waals surface area contributed by atoms with E-state index in [4.69, 9.17) is 21.1 Å². The lowest BCUT2D eigenvalue weighted by Crippen LogP contribution is -2.46. The van der Waals surface area contributed by atoms with Gasteiger partial charge >= 0.3 is 0 Å². The number of rotatable bonds is 7. The lowest BCUT2D eigenvalue weighted by atomic mass is 9.72. The molecule has 2 aromatic carbocycles. The van der Waals surface area contributed by atoms with Crippen molar-refractivity contribution in [3.05, 3.63) is 51.6 Å². The molecule has 6 atom stereocenters. The minimum atomic E-state index is -1.94. The predicted molar refractivity (Wildman–Crippen MR) is 153 cm³/mol. The van der Waals surface area contributed by atoms with Gasteiger partial charge in [-0.2, -0.15) is 11.8 Å². The van der Waals surface area contributed by atoms with Gasteiger partial charge in [0.1, 0.15) is 22.8 Å². The molecule has 0 bridgehead atoms. The number of benzene rings is 2. The summed E-state index contributed by atoms with van der Waals surface area (Å²) in [5.41, 5.74) is -2.65. The number of thioether (sulfide) groups is 1. The van der Waals surface area contributed by atoms with Gasteiger partial charge < -0.3 is 29.9 Å². The number of alkyl halides is 1. The number of aliphatic hydroxyl groups is 2. The number of fused-ring (bicyclic) bond motifs is 3. The molecule has 2 aromatic rings. The van der Waals surface area contributed by atoms with E-state index in [9.17, 15) is 34.8 Å². The van der Waals surface area contributed by atoms with E-state index < -0.39 is 52.8 Å². The number of ketones is 3. The molecule has 1 saturated carbocycles. The van der Waals surface area contributed by atoms with Gasteiger partial charge in [-0.3, -0.25) is 14.4 Å². The Kier molecular flexibility index (Phi) is 8.17. The zero-order chi connectivity index (χ0) is 29.8. The lowest BCUT2D eigenvalue weighted by molar-refractivity contribution is -0.146. The van der Waals surface area contributed by atoms with Gasteiger partial charge in [0.15, 0.2) is 11.6 Å². The van der Waals surface area contributed by atoms with Crippen LogP contribution in [0, 0.1) is 5.92 Å². The summed E-state index contributed by atoms with van der Waals surface area (Å²) >= 11 is 7.41. The highest BCUT2D eigenvalue weighted by Crippen LogP contribution is 2.53. The largest absolute Gasteiger partial charge is 0.507 e. The number of hydrogen-bond donors (Lipinski definition) is 4. The SMILES string of the molecule is COc1cccc2c1C(=O)c1c(O)c3c(c(O)c1C2=O)C[C@@](O)(C(C)=O)C[C@@H]3OC1CC(C)C(O)C(SCCCl)C1. The molecule has 0 radical (unpaired) electrons. The number of ether oxygens (including phenoxy) is 2. The maximum atomic E-state index is 13.8. The number of carbonyl (C=O) groups is 3. The molecular weight excluding hydrogens is 572 g/mol. The van der Waals surface area contributed by atoms with Gasteiger partial charge in [-0.25, -0.2) is 0 Å². The molecule has 1 fully saturated rings. The Morgan fingerprint density at radius 3 is 2.49 bits per heavy atom. The average Bonchev–Trinajstić information content (AvgIpc) is 2.93. The highest BCUT2D eigenvalue weighted by molar-refractivity contribution is 8.00. The van der Waals surface area contributed by atoms with Gasteiger partial charge in [0.05, 0.1) is 42.1 Å². The fraction of sp³-hybridized carbons (Fsp3) is 0.500. The van der Waals surface area contributed by atoms with Gasteiger partial charge in [0.25, 0.3) is 0 Å². The van der Waals surface area contributed by atoms with Crippen molar-refractivity contribution in [1.29, 1.82) is 0 Å². The molecule has 3 aliphatic rings. The number of carbonyl (C=O) groups excluding carboxylic acids is 3. The highest BCUT2D eigenvalue weighted by atomic mass is 35.5. The Hall–Kier alpha value is -2.63. The molecular formula is C30H33ClO9S. The second-order valence-electron chi connectivity index (χ2n) is 11.1.